The van der Waals surface area contributed by atoms with Crippen LogP contribution >= 0.6 is 0 Å². The van der Waals surface area contributed by atoms with Gasteiger partial charge in [0.2, 0.25) is 0 Å². The summed E-state index contributed by atoms with van der Waals surface area (Å²) in [6.45, 7) is 7.62. The maximum atomic E-state index is 12.1. The molecule has 0 aromatic heterocycles. The van der Waals surface area contributed by atoms with Crippen LogP contribution in [0, 0.1) is 6.92 Å². The van der Waals surface area contributed by atoms with Crippen molar-refractivity contribution >= 4 is 21.9 Å². The van der Waals surface area contributed by atoms with E-state index >= 15 is 0 Å². The van der Waals surface area contributed by atoms with E-state index in [0.29, 0.717) is 5.56 Å². The smallest absolute Gasteiger partial charge is 0.276 e. The van der Waals surface area contributed by atoms with Gasteiger partial charge in [0.1, 0.15) is 5.75 Å². The molecular weight excluding hydrogens is 338 g/mol. The molecule has 0 spiro atoms. The zero-order valence-electron chi connectivity index (χ0n) is 14.6. The summed E-state index contributed by atoms with van der Waals surface area (Å²) >= 11 is 0. The topological polar surface area (TPSA) is 82.0 Å². The van der Waals surface area contributed by atoms with Gasteiger partial charge in [-0.2, -0.15) is 13.5 Å². The van der Waals surface area contributed by atoms with E-state index in [4.69, 9.17) is 0 Å². The fraction of sp³-hybridized carbons (Fsp3) is 0.278. The summed E-state index contributed by atoms with van der Waals surface area (Å²) in [5.41, 5.74) is 2.31. The molecule has 0 aliphatic rings. The van der Waals surface area contributed by atoms with Gasteiger partial charge in [0, 0.05) is 30.4 Å². The first-order valence-corrected chi connectivity index (χ1v) is 9.55. The van der Waals surface area contributed by atoms with Gasteiger partial charge in [0.05, 0.1) is 11.1 Å². The quantitative estimate of drug-likeness (QED) is 0.587. The summed E-state index contributed by atoms with van der Waals surface area (Å²) < 4.78 is 24.3. The molecule has 134 valence electrons. The predicted molar refractivity (Wildman–Crippen MR) is 101 cm³/mol. The summed E-state index contributed by atoms with van der Waals surface area (Å²) in [5, 5.41) is 13.9. The van der Waals surface area contributed by atoms with Crippen LogP contribution in [0.15, 0.2) is 52.5 Å². The minimum Gasteiger partial charge on any atom is -0.507 e. The van der Waals surface area contributed by atoms with E-state index in [1.807, 2.05) is 26.8 Å². The molecule has 2 aromatic carbocycles. The maximum absolute atomic E-state index is 12.1. The number of nitrogens with one attached hydrogen (secondary N) is 1. The minimum absolute atomic E-state index is 0.0442. The Kier molecular flexibility index (Phi) is 6.03. The van der Waals surface area contributed by atoms with E-state index in [1.165, 1.54) is 18.3 Å². The fourth-order valence-electron chi connectivity index (χ4n) is 2.36. The predicted octanol–water partition coefficient (Wildman–Crippen LogP) is 2.86. The number of phenols is 1. The van der Waals surface area contributed by atoms with Crippen molar-refractivity contribution < 1.29 is 13.5 Å². The zero-order chi connectivity index (χ0) is 18.4. The lowest BCUT2D eigenvalue weighted by molar-refractivity contribution is 0.474. The Morgan fingerprint density at radius 1 is 1.12 bits per heavy atom. The van der Waals surface area contributed by atoms with Crippen molar-refractivity contribution in [2.45, 2.75) is 25.7 Å². The van der Waals surface area contributed by atoms with Crippen molar-refractivity contribution in [3.63, 3.8) is 0 Å². The lowest BCUT2D eigenvalue weighted by Gasteiger charge is -2.21. The van der Waals surface area contributed by atoms with Crippen LogP contribution in [0.1, 0.15) is 25.0 Å². The molecular formula is C18H23N3O3S. The molecule has 0 amide bonds. The number of hydrogen-bond acceptors (Lipinski definition) is 5. The van der Waals surface area contributed by atoms with Crippen LogP contribution in [0.25, 0.3) is 0 Å². The summed E-state index contributed by atoms with van der Waals surface area (Å²) in [6.07, 6.45) is 1.28. The van der Waals surface area contributed by atoms with Gasteiger partial charge in [0.15, 0.2) is 0 Å². The minimum atomic E-state index is -3.73. The Bertz CT molecular complexity index is 842. The molecule has 2 rings (SSSR count). The van der Waals surface area contributed by atoms with Crippen molar-refractivity contribution in [2.75, 3.05) is 18.0 Å². The van der Waals surface area contributed by atoms with E-state index in [0.717, 1.165) is 24.3 Å². The second-order valence-electron chi connectivity index (χ2n) is 5.58. The average Bonchev–Trinajstić information content (AvgIpc) is 2.58. The number of hydrogen-bond donors (Lipinski definition) is 2. The molecule has 6 nitrogen and oxygen atoms in total. The fourth-order valence-corrected chi connectivity index (χ4v) is 3.15. The van der Waals surface area contributed by atoms with Crippen molar-refractivity contribution in [3.8, 4) is 5.75 Å². The molecule has 0 atom stereocenters. The molecule has 25 heavy (non-hydrogen) atoms. The van der Waals surface area contributed by atoms with Gasteiger partial charge in [-0.05, 0) is 45.0 Å². The van der Waals surface area contributed by atoms with Gasteiger partial charge in [0.25, 0.3) is 10.0 Å². The molecule has 0 aliphatic carbocycles. The van der Waals surface area contributed by atoms with Gasteiger partial charge in [-0.1, -0.05) is 17.7 Å². The molecule has 0 saturated carbocycles. The number of hydrazone groups is 1. The van der Waals surface area contributed by atoms with Crippen molar-refractivity contribution in [2.24, 2.45) is 5.10 Å². The van der Waals surface area contributed by atoms with E-state index in [9.17, 15) is 13.5 Å². The van der Waals surface area contributed by atoms with Crippen LogP contribution in [-0.4, -0.2) is 32.8 Å². The molecule has 2 N–H and O–H groups in total. The summed E-state index contributed by atoms with van der Waals surface area (Å²) in [4.78, 5) is 4.38. The number of benzene rings is 2. The molecule has 0 unspecified atom stereocenters. The third-order valence-corrected chi connectivity index (χ3v) is 5.09. The molecule has 0 aliphatic heterocycles. The third kappa shape index (κ3) is 4.73. The third-order valence-electron chi connectivity index (χ3n) is 3.85. The van der Waals surface area contributed by atoms with Crippen LogP contribution < -0.4 is 9.73 Å². The lowest BCUT2D eigenvalue weighted by atomic mass is 10.2. The Labute approximate surface area is 148 Å². The first-order chi connectivity index (χ1) is 11.9. The molecule has 7 heteroatoms. The van der Waals surface area contributed by atoms with Gasteiger partial charge in [-0.25, -0.2) is 4.83 Å². The first-order valence-electron chi connectivity index (χ1n) is 8.07. The normalized spacial score (nSPS) is 11.6. The second-order valence-corrected chi connectivity index (χ2v) is 7.24. The molecule has 0 fully saturated rings. The van der Waals surface area contributed by atoms with Crippen molar-refractivity contribution in [3.05, 3.63) is 53.6 Å². The zero-order valence-corrected chi connectivity index (χ0v) is 15.4. The largest absolute Gasteiger partial charge is 0.507 e. The molecule has 0 radical (unpaired) electrons. The number of nitrogens with zero attached hydrogens (tertiary/aromatic N) is 2. The monoisotopic (exact) mass is 361 g/mol. The number of aromatic hydroxyl groups is 1. The highest BCUT2D eigenvalue weighted by Crippen LogP contribution is 2.23. The first kappa shape index (κ1) is 18.8. The van der Waals surface area contributed by atoms with Crippen molar-refractivity contribution in [1.29, 1.82) is 0 Å². The second kappa shape index (κ2) is 8.02. The van der Waals surface area contributed by atoms with E-state index in [1.54, 1.807) is 24.3 Å². The summed E-state index contributed by atoms with van der Waals surface area (Å²) in [5.74, 6) is 0.0442. The van der Waals surface area contributed by atoms with Crippen LogP contribution in [-0.2, 0) is 10.0 Å². The SMILES string of the molecule is CCN(CC)c1ccc(C=NNS(=O)(=O)c2ccc(C)cc2)c(O)c1. The molecule has 2 aromatic rings. The van der Waals surface area contributed by atoms with Crippen LogP contribution in [0.4, 0.5) is 5.69 Å². The van der Waals surface area contributed by atoms with Gasteiger partial charge >= 0.3 is 0 Å². The van der Waals surface area contributed by atoms with Crippen LogP contribution in [0.3, 0.4) is 0 Å². The Morgan fingerprint density at radius 3 is 2.32 bits per heavy atom. The molecule has 0 heterocycles. The average molecular weight is 361 g/mol. The van der Waals surface area contributed by atoms with Crippen LogP contribution in [0.5, 0.6) is 5.75 Å². The summed E-state index contributed by atoms with van der Waals surface area (Å²) in [7, 11) is -3.73. The Balaban J connectivity index is 2.12. The van der Waals surface area contributed by atoms with E-state index < -0.39 is 10.0 Å². The highest BCUT2D eigenvalue weighted by molar-refractivity contribution is 7.89. The highest BCUT2D eigenvalue weighted by atomic mass is 32.2. The standard InChI is InChI=1S/C18H23N3O3S/c1-4-21(5-2)16-9-8-15(18(22)12-16)13-19-20-25(23,24)17-10-6-14(3)7-11-17/h6-13,20,22H,4-5H2,1-3H3. The summed E-state index contributed by atoms with van der Waals surface area (Å²) in [6, 6.07) is 11.7. The Morgan fingerprint density at radius 2 is 1.76 bits per heavy atom. The number of sulfonamides is 1. The maximum Gasteiger partial charge on any atom is 0.276 e. The molecule has 0 saturated heterocycles. The van der Waals surface area contributed by atoms with E-state index in [2.05, 4.69) is 14.8 Å². The number of rotatable bonds is 7. The van der Waals surface area contributed by atoms with Gasteiger partial charge < -0.3 is 10.0 Å². The molecule has 0 bridgehead atoms. The number of aryl methyl sites for hydroxylation is 1. The Hall–Kier alpha value is -2.54. The number of phenolic OH excluding ortho intramolecular Hbond substituents is 1. The van der Waals surface area contributed by atoms with Gasteiger partial charge in [-0.3, -0.25) is 0 Å². The van der Waals surface area contributed by atoms with Gasteiger partial charge in [-0.15, -0.1) is 0 Å². The lowest BCUT2D eigenvalue weighted by Crippen LogP contribution is -2.21. The number of anilines is 1. The van der Waals surface area contributed by atoms with E-state index in [-0.39, 0.29) is 10.6 Å². The highest BCUT2D eigenvalue weighted by Gasteiger charge is 2.12. The van der Waals surface area contributed by atoms with Crippen molar-refractivity contribution in [1.82, 2.24) is 4.83 Å². The van der Waals surface area contributed by atoms with Crippen LogP contribution in [0.2, 0.25) is 0 Å².